The lowest BCUT2D eigenvalue weighted by Crippen LogP contribution is -2.35. The molecule has 0 N–H and O–H groups in total. The maximum Gasteiger partial charge on any atom is 0.246 e. The van der Waals surface area contributed by atoms with Crippen LogP contribution in [0, 0.1) is 23.0 Å². The zero-order valence-corrected chi connectivity index (χ0v) is 24.2. The number of halogens is 2. The molecular formula is C33H25F2N5O2S. The van der Waals surface area contributed by atoms with Crippen LogP contribution in [0.25, 0.3) is 43.7 Å². The number of ether oxygens (including phenoxy) is 1. The maximum absolute atomic E-state index is 15.9. The van der Waals surface area contributed by atoms with Gasteiger partial charge in [0.1, 0.15) is 23.5 Å². The number of amides is 1. The van der Waals surface area contributed by atoms with Gasteiger partial charge in [-0.15, -0.1) is 11.3 Å². The highest BCUT2D eigenvalue weighted by Gasteiger charge is 2.27. The molecule has 4 aromatic heterocycles. The largest absolute Gasteiger partial charge is 0.490 e. The second-order valence-electron chi connectivity index (χ2n) is 10.4. The lowest BCUT2D eigenvalue weighted by molar-refractivity contribution is -0.126. The van der Waals surface area contributed by atoms with Crippen LogP contribution in [0.5, 0.6) is 5.75 Å². The minimum atomic E-state index is -0.789. The summed E-state index contributed by atoms with van der Waals surface area (Å²) in [5, 5.41) is 12.1. The molecule has 0 saturated heterocycles. The number of rotatable bonds is 6. The summed E-state index contributed by atoms with van der Waals surface area (Å²) < 4.78 is 37.1. The van der Waals surface area contributed by atoms with E-state index in [2.05, 4.69) is 17.6 Å². The van der Waals surface area contributed by atoms with Gasteiger partial charge in [0.15, 0.2) is 0 Å². The van der Waals surface area contributed by atoms with Crippen LogP contribution < -0.4 is 4.74 Å². The Morgan fingerprint density at radius 2 is 1.95 bits per heavy atom. The first-order chi connectivity index (χ1) is 20.8. The number of carbonyl (C=O) groups excluding carboxylic acids is 1. The molecule has 0 spiro atoms. The van der Waals surface area contributed by atoms with E-state index in [-0.39, 0.29) is 23.3 Å². The van der Waals surface area contributed by atoms with Gasteiger partial charge >= 0.3 is 0 Å². The first-order valence-corrected chi connectivity index (χ1v) is 14.5. The molecule has 6 rings (SSSR count). The van der Waals surface area contributed by atoms with E-state index in [1.165, 1.54) is 29.7 Å². The molecule has 5 aromatic rings. The summed E-state index contributed by atoms with van der Waals surface area (Å²) in [6, 6.07) is 9.62. The predicted octanol–water partition coefficient (Wildman–Crippen LogP) is 7.10. The lowest BCUT2D eigenvalue weighted by Gasteiger charge is -2.27. The Bertz CT molecular complexity index is 1960. The van der Waals surface area contributed by atoms with Gasteiger partial charge in [0, 0.05) is 82.7 Å². The lowest BCUT2D eigenvalue weighted by atomic mass is 9.94. The number of thiophene rings is 1. The van der Waals surface area contributed by atoms with E-state index >= 15 is 4.39 Å². The Balaban J connectivity index is 1.67. The first-order valence-electron chi connectivity index (χ1n) is 13.6. The number of nitrogens with zero attached hydrogens (tertiary/aromatic N) is 5. The summed E-state index contributed by atoms with van der Waals surface area (Å²) in [6.45, 7) is 8.04. The minimum absolute atomic E-state index is 0.0554. The molecule has 0 atom stereocenters. The zero-order valence-electron chi connectivity index (χ0n) is 23.4. The van der Waals surface area contributed by atoms with E-state index in [1.54, 1.807) is 37.2 Å². The average molecular weight is 594 g/mol. The van der Waals surface area contributed by atoms with Crippen LogP contribution in [-0.4, -0.2) is 38.4 Å². The third-order valence-electron chi connectivity index (χ3n) is 7.18. The Morgan fingerprint density at radius 3 is 2.72 bits per heavy atom. The van der Waals surface area contributed by atoms with E-state index < -0.39 is 11.6 Å². The smallest absolute Gasteiger partial charge is 0.246 e. The Labute approximate surface area is 250 Å². The van der Waals surface area contributed by atoms with Gasteiger partial charge in [-0.1, -0.05) is 6.58 Å². The van der Waals surface area contributed by atoms with Crippen LogP contribution >= 0.6 is 11.3 Å². The normalized spacial score (nSPS) is 12.7. The highest BCUT2D eigenvalue weighted by Crippen LogP contribution is 2.47. The molecule has 1 amide bonds. The van der Waals surface area contributed by atoms with Crippen LogP contribution in [0.4, 0.5) is 8.78 Å². The second-order valence-corrected chi connectivity index (χ2v) is 11.3. The molecule has 0 radical (unpaired) electrons. The van der Waals surface area contributed by atoms with E-state index in [0.717, 1.165) is 17.3 Å². The van der Waals surface area contributed by atoms with E-state index in [9.17, 15) is 14.4 Å². The van der Waals surface area contributed by atoms with Gasteiger partial charge in [0.25, 0.3) is 0 Å². The van der Waals surface area contributed by atoms with Crippen molar-refractivity contribution in [2.24, 2.45) is 0 Å². The number of pyridine rings is 3. The third kappa shape index (κ3) is 5.24. The topological polar surface area (TPSA) is 92.0 Å². The molecule has 10 heteroatoms. The number of benzene rings is 1. The van der Waals surface area contributed by atoms with E-state index in [1.807, 2.05) is 17.5 Å². The van der Waals surface area contributed by atoms with Crippen LogP contribution in [0.1, 0.15) is 30.7 Å². The molecular weight excluding hydrogens is 568 g/mol. The molecule has 1 aromatic carbocycles. The monoisotopic (exact) mass is 593 g/mol. The van der Waals surface area contributed by atoms with Crippen molar-refractivity contribution in [1.29, 1.82) is 5.26 Å². The number of hydrogen-bond donors (Lipinski definition) is 0. The van der Waals surface area contributed by atoms with Gasteiger partial charge in [-0.25, -0.2) is 13.8 Å². The van der Waals surface area contributed by atoms with Crippen molar-refractivity contribution < 1.29 is 18.3 Å². The first kappa shape index (κ1) is 28.1. The van der Waals surface area contributed by atoms with Crippen molar-refractivity contribution in [2.45, 2.75) is 32.9 Å². The predicted molar refractivity (Wildman–Crippen MR) is 161 cm³/mol. The highest BCUT2D eigenvalue weighted by atomic mass is 32.1. The summed E-state index contributed by atoms with van der Waals surface area (Å²) in [7, 11) is 0. The third-order valence-corrected chi connectivity index (χ3v) is 8.11. The standard InChI is InChI=1S/C33H25F2N5O2S/c1-4-28(41)40-7-5-26-22(17-40)10-21(16-38-26)32-30(29-25(35)11-23(34)12-27(29)42-18(2)3)33-24(6-8-43-33)31(39-32)20-9-19(13-36)14-37-15-20/h4,6,8-12,14-16,18H,1,5,7,17H2,2-3H3. The van der Waals surface area contributed by atoms with Gasteiger partial charge in [0.2, 0.25) is 5.91 Å². The van der Waals surface area contributed by atoms with Crippen LogP contribution in [0.2, 0.25) is 0 Å². The van der Waals surface area contributed by atoms with Crippen LogP contribution in [-0.2, 0) is 17.8 Å². The van der Waals surface area contributed by atoms with Gasteiger partial charge in [-0.05, 0) is 49.1 Å². The van der Waals surface area contributed by atoms with Crippen molar-refractivity contribution >= 4 is 27.3 Å². The van der Waals surface area contributed by atoms with Crippen molar-refractivity contribution in [1.82, 2.24) is 19.9 Å². The molecule has 0 aliphatic carbocycles. The second kappa shape index (κ2) is 11.3. The molecule has 1 aliphatic rings. The fraction of sp³-hybridized carbons (Fsp3) is 0.182. The van der Waals surface area contributed by atoms with Gasteiger partial charge in [-0.2, -0.15) is 5.26 Å². The molecule has 0 saturated carbocycles. The van der Waals surface area contributed by atoms with Crippen molar-refractivity contribution in [2.75, 3.05) is 6.54 Å². The molecule has 7 nitrogen and oxygen atoms in total. The number of hydrogen-bond acceptors (Lipinski definition) is 7. The van der Waals surface area contributed by atoms with Gasteiger partial charge in [-0.3, -0.25) is 14.8 Å². The van der Waals surface area contributed by atoms with Crippen LogP contribution in [0.3, 0.4) is 0 Å². The van der Waals surface area contributed by atoms with Crippen molar-refractivity contribution in [3.8, 4) is 45.5 Å². The van der Waals surface area contributed by atoms with Crippen molar-refractivity contribution in [3.05, 3.63) is 95.4 Å². The highest BCUT2D eigenvalue weighted by molar-refractivity contribution is 7.18. The number of aromatic nitrogens is 3. The van der Waals surface area contributed by atoms with Gasteiger partial charge in [0.05, 0.1) is 28.6 Å². The van der Waals surface area contributed by atoms with Gasteiger partial charge < -0.3 is 9.64 Å². The molecule has 43 heavy (non-hydrogen) atoms. The quantitative estimate of drug-likeness (QED) is 0.195. The summed E-state index contributed by atoms with van der Waals surface area (Å²) in [5.41, 5.74) is 4.73. The fourth-order valence-corrected chi connectivity index (χ4v) is 6.28. The van der Waals surface area contributed by atoms with E-state index in [4.69, 9.17) is 14.7 Å². The number of fused-ring (bicyclic) bond motifs is 2. The Morgan fingerprint density at radius 1 is 1.14 bits per heavy atom. The molecule has 0 fully saturated rings. The molecule has 0 bridgehead atoms. The Kier molecular flexibility index (Phi) is 7.42. The van der Waals surface area contributed by atoms with Crippen LogP contribution in [0.15, 0.2) is 67.0 Å². The number of nitriles is 1. The minimum Gasteiger partial charge on any atom is -0.490 e. The average Bonchev–Trinajstić information content (AvgIpc) is 3.49. The molecule has 5 heterocycles. The molecule has 1 aliphatic heterocycles. The molecule has 214 valence electrons. The maximum atomic E-state index is 15.9. The summed E-state index contributed by atoms with van der Waals surface area (Å²) >= 11 is 1.39. The number of carbonyl (C=O) groups is 1. The SMILES string of the molecule is C=CC(=O)N1CCc2ncc(-c3nc(-c4cncc(C#N)c4)c4ccsc4c3-c3c(F)cc(F)cc3OC(C)C)cc2C1. The Hall–Kier alpha value is -5.01. The van der Waals surface area contributed by atoms with Crippen molar-refractivity contribution in [3.63, 3.8) is 0 Å². The fourth-order valence-electron chi connectivity index (χ4n) is 5.33. The molecule has 0 unspecified atom stereocenters. The summed E-state index contributed by atoms with van der Waals surface area (Å²) in [5.74, 6) is -1.67. The zero-order chi connectivity index (χ0) is 30.2. The van der Waals surface area contributed by atoms with E-state index in [0.29, 0.717) is 63.2 Å². The summed E-state index contributed by atoms with van der Waals surface area (Å²) in [6.07, 6.45) is 6.29. The summed E-state index contributed by atoms with van der Waals surface area (Å²) in [4.78, 5) is 28.1.